The molecule has 7 heteroatoms. The molecule has 1 aromatic carbocycles. The fraction of sp³-hybridized carbons (Fsp3) is 0.133. The SMILES string of the molecule is Cn1c(SCc2cc(=O)c(O)co2)nc2ccccc2c1=O. The lowest BCUT2D eigenvalue weighted by molar-refractivity contribution is 0.419. The van der Waals surface area contributed by atoms with Gasteiger partial charge in [-0.25, -0.2) is 4.98 Å². The van der Waals surface area contributed by atoms with Gasteiger partial charge in [-0.3, -0.25) is 14.2 Å². The van der Waals surface area contributed by atoms with Crippen molar-refractivity contribution in [2.45, 2.75) is 10.9 Å². The second-order valence-corrected chi connectivity index (χ2v) is 5.60. The Hall–Kier alpha value is -2.54. The molecule has 1 N–H and O–H groups in total. The number of hydrogen-bond acceptors (Lipinski definition) is 6. The lowest BCUT2D eigenvalue weighted by Crippen LogP contribution is -2.19. The van der Waals surface area contributed by atoms with Crippen LogP contribution < -0.4 is 11.0 Å². The van der Waals surface area contributed by atoms with Gasteiger partial charge in [0.2, 0.25) is 5.43 Å². The molecule has 0 spiro atoms. The molecule has 0 radical (unpaired) electrons. The van der Waals surface area contributed by atoms with Crippen molar-refractivity contribution in [3.8, 4) is 5.75 Å². The summed E-state index contributed by atoms with van der Waals surface area (Å²) >= 11 is 1.28. The number of rotatable bonds is 3. The number of thioether (sulfide) groups is 1. The fourth-order valence-electron chi connectivity index (χ4n) is 1.98. The van der Waals surface area contributed by atoms with Crippen LogP contribution in [0.3, 0.4) is 0 Å². The molecule has 0 saturated heterocycles. The predicted octanol–water partition coefficient (Wildman–Crippen LogP) is 1.88. The van der Waals surface area contributed by atoms with Crippen molar-refractivity contribution in [3.63, 3.8) is 0 Å². The maximum absolute atomic E-state index is 12.3. The quantitative estimate of drug-likeness (QED) is 0.586. The summed E-state index contributed by atoms with van der Waals surface area (Å²) in [4.78, 5) is 28.1. The molecule has 3 aromatic rings. The Labute approximate surface area is 129 Å². The van der Waals surface area contributed by atoms with Crippen molar-refractivity contribution in [1.29, 1.82) is 0 Å². The summed E-state index contributed by atoms with van der Waals surface area (Å²) in [6.45, 7) is 0. The van der Waals surface area contributed by atoms with Crippen LogP contribution in [0.2, 0.25) is 0 Å². The summed E-state index contributed by atoms with van der Waals surface area (Å²) in [7, 11) is 1.65. The van der Waals surface area contributed by atoms with E-state index in [2.05, 4.69) is 4.98 Å². The maximum Gasteiger partial charge on any atom is 0.261 e. The van der Waals surface area contributed by atoms with Crippen LogP contribution in [0.15, 0.2) is 55.8 Å². The molecular weight excluding hydrogens is 304 g/mol. The van der Waals surface area contributed by atoms with Crippen LogP contribution in [0.1, 0.15) is 5.76 Å². The molecule has 0 aliphatic heterocycles. The van der Waals surface area contributed by atoms with Gasteiger partial charge in [0.25, 0.3) is 5.56 Å². The summed E-state index contributed by atoms with van der Waals surface area (Å²) in [5, 5.41) is 10.2. The Morgan fingerprint density at radius 2 is 2.09 bits per heavy atom. The van der Waals surface area contributed by atoms with Gasteiger partial charge in [0.15, 0.2) is 10.9 Å². The van der Waals surface area contributed by atoms with E-state index in [0.29, 0.717) is 27.6 Å². The summed E-state index contributed by atoms with van der Waals surface area (Å²) in [6.07, 6.45) is 1.01. The minimum Gasteiger partial charge on any atom is -0.502 e. The summed E-state index contributed by atoms with van der Waals surface area (Å²) < 4.78 is 6.60. The van der Waals surface area contributed by atoms with E-state index in [1.54, 1.807) is 25.2 Å². The Morgan fingerprint density at radius 1 is 1.32 bits per heavy atom. The number of benzene rings is 1. The summed E-state index contributed by atoms with van der Waals surface area (Å²) in [5.74, 6) is 0.300. The van der Waals surface area contributed by atoms with Crippen LogP contribution in [0.25, 0.3) is 10.9 Å². The van der Waals surface area contributed by atoms with E-state index >= 15 is 0 Å². The molecule has 0 aliphatic carbocycles. The number of nitrogens with zero attached hydrogens (tertiary/aromatic N) is 2. The molecule has 0 unspecified atom stereocenters. The smallest absolute Gasteiger partial charge is 0.261 e. The van der Waals surface area contributed by atoms with Crippen LogP contribution in [-0.2, 0) is 12.8 Å². The van der Waals surface area contributed by atoms with E-state index in [1.165, 1.54) is 22.4 Å². The largest absolute Gasteiger partial charge is 0.502 e. The third kappa shape index (κ3) is 2.62. The Balaban J connectivity index is 1.94. The normalized spacial score (nSPS) is 11.0. The molecule has 112 valence electrons. The number of para-hydroxylation sites is 1. The number of fused-ring (bicyclic) bond motifs is 1. The van der Waals surface area contributed by atoms with Crippen molar-refractivity contribution in [2.24, 2.45) is 7.05 Å². The molecule has 2 aromatic heterocycles. The van der Waals surface area contributed by atoms with Crippen LogP contribution in [-0.4, -0.2) is 14.7 Å². The highest BCUT2D eigenvalue weighted by atomic mass is 32.2. The lowest BCUT2D eigenvalue weighted by Gasteiger charge is -2.08. The van der Waals surface area contributed by atoms with E-state index in [-0.39, 0.29) is 5.56 Å². The van der Waals surface area contributed by atoms with Crippen molar-refractivity contribution < 1.29 is 9.52 Å². The molecule has 0 saturated carbocycles. The van der Waals surface area contributed by atoms with E-state index in [4.69, 9.17) is 9.52 Å². The second-order valence-electron chi connectivity index (χ2n) is 4.66. The lowest BCUT2D eigenvalue weighted by atomic mass is 10.2. The molecule has 0 bridgehead atoms. The van der Waals surface area contributed by atoms with E-state index < -0.39 is 11.2 Å². The van der Waals surface area contributed by atoms with Crippen molar-refractivity contribution in [2.75, 3.05) is 0 Å². The zero-order valence-corrected chi connectivity index (χ0v) is 12.5. The fourth-order valence-corrected chi connectivity index (χ4v) is 2.84. The highest BCUT2D eigenvalue weighted by Gasteiger charge is 2.10. The average molecular weight is 316 g/mol. The first-order chi connectivity index (χ1) is 10.6. The summed E-state index contributed by atoms with van der Waals surface area (Å²) in [5.41, 5.74) is 0.00253. The molecule has 22 heavy (non-hydrogen) atoms. The molecule has 0 amide bonds. The minimum absolute atomic E-state index is 0.125. The predicted molar refractivity (Wildman–Crippen MR) is 83.2 cm³/mol. The minimum atomic E-state index is -0.498. The Morgan fingerprint density at radius 3 is 2.86 bits per heavy atom. The van der Waals surface area contributed by atoms with Crippen LogP contribution >= 0.6 is 11.8 Å². The molecule has 6 nitrogen and oxygen atoms in total. The van der Waals surface area contributed by atoms with Gasteiger partial charge < -0.3 is 9.52 Å². The van der Waals surface area contributed by atoms with Gasteiger partial charge in [-0.2, -0.15) is 0 Å². The first kappa shape index (κ1) is 14.4. The highest BCUT2D eigenvalue weighted by Crippen LogP contribution is 2.21. The highest BCUT2D eigenvalue weighted by molar-refractivity contribution is 7.98. The van der Waals surface area contributed by atoms with Crippen molar-refractivity contribution in [1.82, 2.24) is 9.55 Å². The monoisotopic (exact) mass is 316 g/mol. The first-order valence-corrected chi connectivity index (χ1v) is 7.44. The second kappa shape index (κ2) is 5.69. The molecule has 0 fully saturated rings. The van der Waals surface area contributed by atoms with Gasteiger partial charge in [-0.05, 0) is 12.1 Å². The van der Waals surface area contributed by atoms with Crippen molar-refractivity contribution >= 4 is 22.7 Å². The van der Waals surface area contributed by atoms with Crippen LogP contribution in [0.4, 0.5) is 0 Å². The van der Waals surface area contributed by atoms with Gasteiger partial charge in [0, 0.05) is 13.1 Å². The maximum atomic E-state index is 12.3. The third-order valence-corrected chi connectivity index (χ3v) is 4.20. The van der Waals surface area contributed by atoms with Gasteiger partial charge in [-0.15, -0.1) is 0 Å². The van der Waals surface area contributed by atoms with E-state index in [0.717, 1.165) is 6.26 Å². The summed E-state index contributed by atoms with van der Waals surface area (Å²) in [6, 6.07) is 8.35. The van der Waals surface area contributed by atoms with Gasteiger partial charge >= 0.3 is 0 Å². The number of hydrogen-bond donors (Lipinski definition) is 1. The third-order valence-electron chi connectivity index (χ3n) is 3.15. The van der Waals surface area contributed by atoms with E-state index in [1.807, 2.05) is 6.07 Å². The standard InChI is InChI=1S/C15H12N2O4S/c1-17-14(20)10-4-2-3-5-11(10)16-15(17)22-8-9-6-12(18)13(19)7-21-9/h2-7,19H,8H2,1H3. The molecule has 0 aliphatic rings. The topological polar surface area (TPSA) is 85.3 Å². The Bertz CT molecular complexity index is 962. The molecule has 0 atom stereocenters. The molecular formula is C15H12N2O4S. The van der Waals surface area contributed by atoms with Gasteiger partial charge in [0.05, 0.1) is 16.7 Å². The number of aromatic nitrogens is 2. The number of aromatic hydroxyl groups is 1. The van der Waals surface area contributed by atoms with Crippen molar-refractivity contribution in [3.05, 3.63) is 62.9 Å². The van der Waals surface area contributed by atoms with Gasteiger partial charge in [-0.1, -0.05) is 23.9 Å². The van der Waals surface area contributed by atoms with Crippen LogP contribution in [0.5, 0.6) is 5.75 Å². The zero-order valence-electron chi connectivity index (χ0n) is 11.6. The average Bonchev–Trinajstić information content (AvgIpc) is 2.53. The van der Waals surface area contributed by atoms with Gasteiger partial charge in [0.1, 0.15) is 12.0 Å². The molecule has 3 rings (SSSR count). The zero-order chi connectivity index (χ0) is 15.7. The molecule has 2 heterocycles. The first-order valence-electron chi connectivity index (χ1n) is 6.45. The van der Waals surface area contributed by atoms with E-state index in [9.17, 15) is 9.59 Å². The Kier molecular flexibility index (Phi) is 3.72. The van der Waals surface area contributed by atoms with Crippen LogP contribution in [0, 0.1) is 0 Å².